The van der Waals surface area contributed by atoms with Crippen LogP contribution < -0.4 is 4.90 Å². The van der Waals surface area contributed by atoms with Gasteiger partial charge in [-0.3, -0.25) is 4.79 Å². The van der Waals surface area contributed by atoms with Crippen molar-refractivity contribution in [3.8, 4) is 0 Å². The normalized spacial score (nSPS) is 15.7. The van der Waals surface area contributed by atoms with Gasteiger partial charge in [0.1, 0.15) is 5.82 Å². The first-order chi connectivity index (χ1) is 12.1. The predicted molar refractivity (Wildman–Crippen MR) is 98.8 cm³/mol. The average molecular weight is 339 g/mol. The van der Waals surface area contributed by atoms with Crippen molar-refractivity contribution in [2.45, 2.75) is 25.3 Å². The van der Waals surface area contributed by atoms with Crippen LogP contribution in [0.3, 0.4) is 0 Å². The Bertz CT molecular complexity index is 728. The number of benzene rings is 1. The predicted octanol–water partition coefficient (Wildman–Crippen LogP) is 2.66. The maximum Gasteiger partial charge on any atom is 0.255 e. The van der Waals surface area contributed by atoms with E-state index in [9.17, 15) is 9.90 Å². The van der Waals surface area contributed by atoms with E-state index in [1.807, 2.05) is 48.2 Å². The Morgan fingerprint density at radius 3 is 2.72 bits per heavy atom. The van der Waals surface area contributed by atoms with E-state index in [-0.39, 0.29) is 18.6 Å². The maximum absolute atomic E-state index is 13.1. The third-order valence-corrected chi connectivity index (χ3v) is 4.75. The Hall–Kier alpha value is -2.40. The SMILES string of the molecule is CN(C)c1ccc(C(=O)N(CCCO)C2CCc3ccccc32)cn1. The number of aryl methyl sites for hydroxylation is 1. The van der Waals surface area contributed by atoms with Gasteiger partial charge in [-0.2, -0.15) is 0 Å². The first-order valence-corrected chi connectivity index (χ1v) is 8.75. The van der Waals surface area contributed by atoms with E-state index < -0.39 is 0 Å². The summed E-state index contributed by atoms with van der Waals surface area (Å²) in [6.45, 7) is 0.625. The Kier molecular flexibility index (Phi) is 5.34. The molecule has 1 aliphatic rings. The molecular formula is C20H25N3O2. The molecule has 0 aliphatic heterocycles. The van der Waals surface area contributed by atoms with Crippen molar-refractivity contribution in [3.05, 3.63) is 59.3 Å². The van der Waals surface area contributed by atoms with Crippen molar-refractivity contribution in [2.24, 2.45) is 0 Å². The fourth-order valence-corrected chi connectivity index (χ4v) is 3.44. The molecule has 5 heteroatoms. The summed E-state index contributed by atoms with van der Waals surface area (Å²) in [7, 11) is 3.85. The van der Waals surface area contributed by atoms with Crippen LogP contribution in [0.2, 0.25) is 0 Å². The molecule has 0 radical (unpaired) electrons. The quantitative estimate of drug-likeness (QED) is 0.879. The number of aliphatic hydroxyl groups excluding tert-OH is 1. The molecule has 1 aromatic heterocycles. The summed E-state index contributed by atoms with van der Waals surface area (Å²) in [5.74, 6) is 0.803. The van der Waals surface area contributed by atoms with E-state index in [1.54, 1.807) is 6.20 Å². The molecule has 1 aromatic carbocycles. The summed E-state index contributed by atoms with van der Waals surface area (Å²) in [6, 6.07) is 12.1. The van der Waals surface area contributed by atoms with Crippen molar-refractivity contribution in [3.63, 3.8) is 0 Å². The van der Waals surface area contributed by atoms with Gasteiger partial charge in [-0.1, -0.05) is 24.3 Å². The molecule has 1 heterocycles. The van der Waals surface area contributed by atoms with Gasteiger partial charge in [0, 0.05) is 33.4 Å². The van der Waals surface area contributed by atoms with Crippen LogP contribution in [-0.2, 0) is 6.42 Å². The van der Waals surface area contributed by atoms with E-state index in [1.165, 1.54) is 11.1 Å². The Labute approximate surface area is 148 Å². The first-order valence-electron chi connectivity index (χ1n) is 8.75. The minimum Gasteiger partial charge on any atom is -0.396 e. The molecule has 1 amide bonds. The highest BCUT2D eigenvalue weighted by molar-refractivity contribution is 5.94. The number of aromatic nitrogens is 1. The first kappa shape index (κ1) is 17.4. The number of anilines is 1. The smallest absolute Gasteiger partial charge is 0.255 e. The highest BCUT2D eigenvalue weighted by Crippen LogP contribution is 2.36. The van der Waals surface area contributed by atoms with Crippen LogP contribution >= 0.6 is 0 Å². The molecule has 1 atom stereocenters. The number of carbonyl (C=O) groups is 1. The van der Waals surface area contributed by atoms with Crippen molar-refractivity contribution in [1.29, 1.82) is 0 Å². The Morgan fingerprint density at radius 2 is 2.04 bits per heavy atom. The molecule has 1 aliphatic carbocycles. The lowest BCUT2D eigenvalue weighted by atomic mass is 10.1. The Morgan fingerprint density at radius 1 is 1.24 bits per heavy atom. The molecule has 0 fully saturated rings. The summed E-state index contributed by atoms with van der Waals surface area (Å²) in [5, 5.41) is 9.25. The monoisotopic (exact) mass is 339 g/mol. The lowest BCUT2D eigenvalue weighted by Gasteiger charge is -2.30. The van der Waals surface area contributed by atoms with Gasteiger partial charge in [-0.25, -0.2) is 4.98 Å². The number of hydrogen-bond acceptors (Lipinski definition) is 4. The molecule has 2 aromatic rings. The zero-order valence-electron chi connectivity index (χ0n) is 14.9. The number of nitrogens with zero attached hydrogens (tertiary/aromatic N) is 3. The maximum atomic E-state index is 13.1. The van der Waals surface area contributed by atoms with Gasteiger partial charge >= 0.3 is 0 Å². The molecule has 25 heavy (non-hydrogen) atoms. The zero-order valence-corrected chi connectivity index (χ0v) is 14.9. The minimum atomic E-state index is -0.0204. The second-order valence-corrected chi connectivity index (χ2v) is 6.63. The highest BCUT2D eigenvalue weighted by atomic mass is 16.3. The van der Waals surface area contributed by atoms with Gasteiger partial charge < -0.3 is 14.9 Å². The summed E-state index contributed by atoms with van der Waals surface area (Å²) in [4.78, 5) is 21.3. The molecule has 1 unspecified atom stereocenters. The van der Waals surface area contributed by atoms with E-state index >= 15 is 0 Å². The second-order valence-electron chi connectivity index (χ2n) is 6.63. The number of amides is 1. The fraction of sp³-hybridized carbons (Fsp3) is 0.400. The van der Waals surface area contributed by atoms with Gasteiger partial charge in [0.05, 0.1) is 11.6 Å². The summed E-state index contributed by atoms with van der Waals surface area (Å²) < 4.78 is 0. The number of hydrogen-bond donors (Lipinski definition) is 1. The molecule has 132 valence electrons. The van der Waals surface area contributed by atoms with E-state index in [4.69, 9.17) is 0 Å². The fourth-order valence-electron chi connectivity index (χ4n) is 3.44. The molecular weight excluding hydrogens is 314 g/mol. The van der Waals surface area contributed by atoms with Crippen LogP contribution in [0.15, 0.2) is 42.6 Å². The van der Waals surface area contributed by atoms with Gasteiger partial charge in [0.25, 0.3) is 5.91 Å². The van der Waals surface area contributed by atoms with Crippen LogP contribution in [0, 0.1) is 0 Å². The number of fused-ring (bicyclic) bond motifs is 1. The van der Waals surface area contributed by atoms with Crippen molar-refractivity contribution in [2.75, 3.05) is 32.1 Å². The zero-order chi connectivity index (χ0) is 17.8. The number of aliphatic hydroxyl groups is 1. The third-order valence-electron chi connectivity index (χ3n) is 4.75. The molecule has 3 rings (SSSR count). The molecule has 0 saturated heterocycles. The third kappa shape index (κ3) is 3.66. The van der Waals surface area contributed by atoms with Crippen LogP contribution in [0.25, 0.3) is 0 Å². The summed E-state index contributed by atoms with van der Waals surface area (Å²) in [5.41, 5.74) is 3.13. The molecule has 0 saturated carbocycles. The van der Waals surface area contributed by atoms with Gasteiger partial charge in [-0.15, -0.1) is 0 Å². The van der Waals surface area contributed by atoms with E-state index in [0.717, 1.165) is 18.7 Å². The van der Waals surface area contributed by atoms with Crippen LogP contribution in [-0.4, -0.2) is 48.1 Å². The number of pyridine rings is 1. The van der Waals surface area contributed by atoms with Crippen LogP contribution in [0.4, 0.5) is 5.82 Å². The lowest BCUT2D eigenvalue weighted by molar-refractivity contribution is 0.0661. The van der Waals surface area contributed by atoms with E-state index in [2.05, 4.69) is 17.1 Å². The van der Waals surface area contributed by atoms with Crippen LogP contribution in [0.5, 0.6) is 0 Å². The molecule has 0 spiro atoms. The lowest BCUT2D eigenvalue weighted by Crippen LogP contribution is -2.35. The molecule has 5 nitrogen and oxygen atoms in total. The van der Waals surface area contributed by atoms with Gasteiger partial charge in [0.15, 0.2) is 0 Å². The van der Waals surface area contributed by atoms with Gasteiger partial charge in [-0.05, 0) is 42.5 Å². The topological polar surface area (TPSA) is 56.7 Å². The van der Waals surface area contributed by atoms with E-state index in [0.29, 0.717) is 18.5 Å². The van der Waals surface area contributed by atoms with Gasteiger partial charge in [0.2, 0.25) is 0 Å². The average Bonchev–Trinajstić information content (AvgIpc) is 3.06. The van der Waals surface area contributed by atoms with Crippen molar-refractivity contribution in [1.82, 2.24) is 9.88 Å². The molecule has 0 bridgehead atoms. The van der Waals surface area contributed by atoms with Crippen molar-refractivity contribution < 1.29 is 9.90 Å². The summed E-state index contributed by atoms with van der Waals surface area (Å²) in [6.07, 6.45) is 4.14. The standard InChI is InChI=1S/C20H25N3O2/c1-22(2)19-11-9-16(14-21-19)20(25)23(12-5-13-24)18-10-8-15-6-3-4-7-17(15)18/h3-4,6-7,9,11,14,18,24H,5,8,10,12-13H2,1-2H3. The number of carbonyl (C=O) groups excluding carboxylic acids is 1. The van der Waals surface area contributed by atoms with Crippen molar-refractivity contribution >= 4 is 11.7 Å². The Balaban J connectivity index is 1.87. The largest absolute Gasteiger partial charge is 0.396 e. The highest BCUT2D eigenvalue weighted by Gasteiger charge is 2.31. The summed E-state index contributed by atoms with van der Waals surface area (Å²) >= 11 is 0. The minimum absolute atomic E-state index is 0.0204. The number of rotatable bonds is 6. The van der Waals surface area contributed by atoms with Crippen LogP contribution in [0.1, 0.15) is 40.4 Å². The molecule has 1 N–H and O–H groups in total. The second kappa shape index (κ2) is 7.66.